The Balaban J connectivity index is 2.06. The standard InChI is InChI=1S/C16H24N2O4S/c1-22-15-8-5-6-13(12-15)16(19)18-11-4-3-7-14(18)9-10-17-23(2,20)21/h5-6,8,12,14,17H,3-4,7,9-11H2,1-2H3/t14-/m1/s1. The number of carbonyl (C=O) groups excluding carboxylic acids is 1. The Labute approximate surface area is 137 Å². The number of benzene rings is 1. The number of likely N-dealkylation sites (tertiary alicyclic amines) is 1. The minimum atomic E-state index is -3.19. The van der Waals surface area contributed by atoms with E-state index in [0.717, 1.165) is 25.5 Å². The Morgan fingerprint density at radius 3 is 2.87 bits per heavy atom. The lowest BCUT2D eigenvalue weighted by atomic mass is 9.98. The predicted octanol–water partition coefficient (Wildman–Crippen LogP) is 1.63. The van der Waals surface area contributed by atoms with E-state index in [1.54, 1.807) is 31.4 Å². The fraction of sp³-hybridized carbons (Fsp3) is 0.562. The van der Waals surface area contributed by atoms with Crippen molar-refractivity contribution in [2.24, 2.45) is 0 Å². The van der Waals surface area contributed by atoms with Gasteiger partial charge in [-0.1, -0.05) is 6.07 Å². The Bertz CT molecular complexity index is 645. The topological polar surface area (TPSA) is 75.7 Å². The normalized spacial score (nSPS) is 18.7. The van der Waals surface area contributed by atoms with E-state index in [4.69, 9.17) is 4.74 Å². The number of carbonyl (C=O) groups is 1. The second-order valence-corrected chi connectivity index (χ2v) is 7.67. The summed E-state index contributed by atoms with van der Waals surface area (Å²) in [5.74, 6) is 0.635. The van der Waals surface area contributed by atoms with E-state index in [1.807, 2.05) is 4.90 Å². The maximum Gasteiger partial charge on any atom is 0.254 e. The maximum atomic E-state index is 12.8. The third kappa shape index (κ3) is 5.21. The maximum absolute atomic E-state index is 12.8. The molecular weight excluding hydrogens is 316 g/mol. The van der Waals surface area contributed by atoms with Crippen molar-refractivity contribution in [3.63, 3.8) is 0 Å². The zero-order chi connectivity index (χ0) is 16.9. The van der Waals surface area contributed by atoms with Gasteiger partial charge in [-0.25, -0.2) is 13.1 Å². The smallest absolute Gasteiger partial charge is 0.254 e. The highest BCUT2D eigenvalue weighted by Gasteiger charge is 2.27. The molecule has 1 saturated heterocycles. The van der Waals surface area contributed by atoms with Crippen LogP contribution in [-0.4, -0.2) is 51.7 Å². The first-order chi connectivity index (χ1) is 10.9. The Morgan fingerprint density at radius 1 is 1.39 bits per heavy atom. The second-order valence-electron chi connectivity index (χ2n) is 5.84. The van der Waals surface area contributed by atoms with Gasteiger partial charge in [0, 0.05) is 24.7 Å². The summed E-state index contributed by atoms with van der Waals surface area (Å²) >= 11 is 0. The lowest BCUT2D eigenvalue weighted by Gasteiger charge is -2.36. The minimum Gasteiger partial charge on any atom is -0.497 e. The highest BCUT2D eigenvalue weighted by molar-refractivity contribution is 7.88. The van der Waals surface area contributed by atoms with Gasteiger partial charge in [0.25, 0.3) is 5.91 Å². The van der Waals surface area contributed by atoms with E-state index >= 15 is 0 Å². The summed E-state index contributed by atoms with van der Waals surface area (Å²) in [6.45, 7) is 1.06. The van der Waals surface area contributed by atoms with Gasteiger partial charge in [0.1, 0.15) is 5.75 Å². The largest absolute Gasteiger partial charge is 0.497 e. The fourth-order valence-electron chi connectivity index (χ4n) is 2.90. The van der Waals surface area contributed by atoms with Crippen molar-refractivity contribution in [3.05, 3.63) is 29.8 Å². The van der Waals surface area contributed by atoms with Gasteiger partial charge in [-0.15, -0.1) is 0 Å². The summed E-state index contributed by atoms with van der Waals surface area (Å²) in [6.07, 6.45) is 4.72. The summed E-state index contributed by atoms with van der Waals surface area (Å²) in [5.41, 5.74) is 0.604. The molecular formula is C16H24N2O4S. The molecule has 1 N–H and O–H groups in total. The molecule has 1 heterocycles. The molecule has 0 saturated carbocycles. The average Bonchev–Trinajstić information content (AvgIpc) is 2.53. The molecule has 7 heteroatoms. The average molecular weight is 340 g/mol. The van der Waals surface area contributed by atoms with Crippen LogP contribution in [0.1, 0.15) is 36.0 Å². The molecule has 1 aromatic carbocycles. The van der Waals surface area contributed by atoms with Gasteiger partial charge in [-0.3, -0.25) is 4.79 Å². The third-order valence-electron chi connectivity index (χ3n) is 4.05. The number of amides is 1. The van der Waals surface area contributed by atoms with Crippen LogP contribution < -0.4 is 9.46 Å². The van der Waals surface area contributed by atoms with Crippen molar-refractivity contribution in [2.75, 3.05) is 26.5 Å². The molecule has 1 fully saturated rings. The van der Waals surface area contributed by atoms with Crippen molar-refractivity contribution in [1.82, 2.24) is 9.62 Å². The molecule has 1 atom stereocenters. The van der Waals surface area contributed by atoms with Gasteiger partial charge in [0.2, 0.25) is 10.0 Å². The first-order valence-corrected chi connectivity index (χ1v) is 9.69. The number of rotatable bonds is 6. The molecule has 2 rings (SSSR count). The summed E-state index contributed by atoms with van der Waals surface area (Å²) in [6, 6.07) is 7.20. The molecule has 0 aliphatic carbocycles. The van der Waals surface area contributed by atoms with Gasteiger partial charge in [-0.05, 0) is 43.9 Å². The molecule has 128 valence electrons. The number of nitrogens with zero attached hydrogens (tertiary/aromatic N) is 1. The van der Waals surface area contributed by atoms with Crippen LogP contribution in [0.2, 0.25) is 0 Å². The molecule has 0 unspecified atom stereocenters. The van der Waals surface area contributed by atoms with Crippen LogP contribution in [0.5, 0.6) is 5.75 Å². The van der Waals surface area contributed by atoms with Crippen LogP contribution in [0.4, 0.5) is 0 Å². The molecule has 6 nitrogen and oxygen atoms in total. The van der Waals surface area contributed by atoms with Crippen LogP contribution in [0.25, 0.3) is 0 Å². The third-order valence-corrected chi connectivity index (χ3v) is 4.78. The molecule has 0 bridgehead atoms. The number of methoxy groups -OCH3 is 1. The van der Waals surface area contributed by atoms with Crippen molar-refractivity contribution < 1.29 is 17.9 Å². The molecule has 1 amide bonds. The second kappa shape index (κ2) is 7.79. The molecule has 1 aromatic rings. The van der Waals surface area contributed by atoms with Gasteiger partial charge in [-0.2, -0.15) is 0 Å². The SMILES string of the molecule is COc1cccc(C(=O)N2CCCC[C@@H]2CCNS(C)(=O)=O)c1. The number of piperidine rings is 1. The van der Waals surface area contributed by atoms with Gasteiger partial charge in [0.15, 0.2) is 0 Å². The molecule has 23 heavy (non-hydrogen) atoms. The minimum absolute atomic E-state index is 0.0204. The van der Waals surface area contributed by atoms with Crippen LogP contribution in [0.15, 0.2) is 24.3 Å². The Kier molecular flexibility index (Phi) is 6.01. The highest BCUT2D eigenvalue weighted by Crippen LogP contribution is 2.23. The molecule has 1 aliphatic heterocycles. The van der Waals surface area contributed by atoms with E-state index < -0.39 is 10.0 Å². The first kappa shape index (κ1) is 17.7. The Hall–Kier alpha value is -1.60. The number of hydrogen-bond donors (Lipinski definition) is 1. The Morgan fingerprint density at radius 2 is 2.17 bits per heavy atom. The quantitative estimate of drug-likeness (QED) is 0.854. The number of hydrogen-bond acceptors (Lipinski definition) is 4. The van der Waals surface area contributed by atoms with Crippen molar-refractivity contribution in [1.29, 1.82) is 0 Å². The zero-order valence-corrected chi connectivity index (χ0v) is 14.4. The summed E-state index contributed by atoms with van der Waals surface area (Å²) in [7, 11) is -1.62. The van der Waals surface area contributed by atoms with E-state index in [2.05, 4.69) is 4.72 Å². The van der Waals surface area contributed by atoms with Crippen molar-refractivity contribution >= 4 is 15.9 Å². The van der Waals surface area contributed by atoms with Gasteiger partial charge < -0.3 is 9.64 Å². The lowest BCUT2D eigenvalue weighted by molar-refractivity contribution is 0.0603. The number of ether oxygens (including phenoxy) is 1. The van der Waals surface area contributed by atoms with E-state index in [9.17, 15) is 13.2 Å². The van der Waals surface area contributed by atoms with E-state index in [-0.39, 0.29) is 11.9 Å². The summed E-state index contributed by atoms with van der Waals surface area (Å²) in [5, 5.41) is 0. The zero-order valence-electron chi connectivity index (χ0n) is 13.6. The molecule has 0 aromatic heterocycles. The van der Waals surface area contributed by atoms with E-state index in [0.29, 0.717) is 30.8 Å². The molecule has 0 radical (unpaired) electrons. The highest BCUT2D eigenvalue weighted by atomic mass is 32.2. The molecule has 0 spiro atoms. The van der Waals surface area contributed by atoms with Crippen LogP contribution in [-0.2, 0) is 10.0 Å². The summed E-state index contributed by atoms with van der Waals surface area (Å²) < 4.78 is 30.0. The number of sulfonamides is 1. The lowest BCUT2D eigenvalue weighted by Crippen LogP contribution is -2.45. The first-order valence-electron chi connectivity index (χ1n) is 7.80. The summed E-state index contributed by atoms with van der Waals surface area (Å²) in [4.78, 5) is 14.6. The van der Waals surface area contributed by atoms with Crippen LogP contribution in [0.3, 0.4) is 0 Å². The fourth-order valence-corrected chi connectivity index (χ4v) is 3.39. The van der Waals surface area contributed by atoms with Crippen LogP contribution in [0, 0.1) is 0 Å². The van der Waals surface area contributed by atoms with Gasteiger partial charge >= 0.3 is 0 Å². The predicted molar refractivity (Wildman–Crippen MR) is 89.1 cm³/mol. The van der Waals surface area contributed by atoms with Gasteiger partial charge in [0.05, 0.1) is 13.4 Å². The van der Waals surface area contributed by atoms with Crippen molar-refractivity contribution in [3.8, 4) is 5.75 Å². The van der Waals surface area contributed by atoms with Crippen molar-refractivity contribution in [2.45, 2.75) is 31.7 Å². The number of nitrogens with one attached hydrogen (secondary N) is 1. The van der Waals surface area contributed by atoms with Crippen LogP contribution >= 0.6 is 0 Å². The molecule has 1 aliphatic rings. The monoisotopic (exact) mass is 340 g/mol. The van der Waals surface area contributed by atoms with E-state index in [1.165, 1.54) is 0 Å².